The first-order valence-electron chi connectivity index (χ1n) is 4.94. The van der Waals surface area contributed by atoms with Crippen molar-refractivity contribution in [3.63, 3.8) is 0 Å². The highest BCUT2D eigenvalue weighted by atomic mass is 32.2. The van der Waals surface area contributed by atoms with Crippen molar-refractivity contribution in [1.29, 1.82) is 0 Å². The normalized spacial score (nSPS) is 10.6. The van der Waals surface area contributed by atoms with Crippen molar-refractivity contribution in [3.8, 4) is 0 Å². The van der Waals surface area contributed by atoms with E-state index in [9.17, 15) is 0 Å². The molecule has 5 heteroatoms. The van der Waals surface area contributed by atoms with Crippen LogP contribution in [0.5, 0.6) is 0 Å². The maximum atomic E-state index is 5.83. The second kappa shape index (κ2) is 4.57. The minimum atomic E-state index is 0.643. The van der Waals surface area contributed by atoms with E-state index < -0.39 is 0 Å². The smallest absolute Gasteiger partial charge is 0.236 e. The molecule has 1 heterocycles. The molecule has 0 unspecified atom stereocenters. The first kappa shape index (κ1) is 11.0. The topological polar surface area (TPSA) is 64.9 Å². The van der Waals surface area contributed by atoms with E-state index in [-0.39, 0.29) is 0 Å². The summed E-state index contributed by atoms with van der Waals surface area (Å²) in [6.45, 7) is 3.82. The maximum absolute atomic E-state index is 5.83. The molecule has 0 fully saturated rings. The Morgan fingerprint density at radius 1 is 1.38 bits per heavy atom. The van der Waals surface area contributed by atoms with E-state index in [0.717, 1.165) is 16.1 Å². The zero-order valence-electron chi connectivity index (χ0n) is 9.23. The summed E-state index contributed by atoms with van der Waals surface area (Å²) < 4.78 is 5.04. The largest absolute Gasteiger partial charge is 0.398 e. The number of thioether (sulfide) groups is 1. The second-order valence-corrected chi connectivity index (χ2v) is 4.51. The molecular formula is C11H13N3OS. The van der Waals surface area contributed by atoms with Gasteiger partial charge in [-0.2, -0.15) is 4.98 Å². The van der Waals surface area contributed by atoms with Crippen LogP contribution in [0.25, 0.3) is 0 Å². The Kier molecular flexibility index (Phi) is 3.14. The van der Waals surface area contributed by atoms with Crippen molar-refractivity contribution < 1.29 is 4.52 Å². The molecule has 0 aliphatic carbocycles. The van der Waals surface area contributed by atoms with Crippen LogP contribution in [0.1, 0.15) is 17.3 Å². The third kappa shape index (κ3) is 2.36. The SMILES string of the molecule is Cc1noc(CSc2cccc(N)c2C)n1. The molecule has 0 radical (unpaired) electrons. The molecule has 2 aromatic rings. The molecule has 16 heavy (non-hydrogen) atoms. The Balaban J connectivity index is 2.07. The summed E-state index contributed by atoms with van der Waals surface area (Å²) in [5.74, 6) is 1.98. The molecule has 0 spiro atoms. The summed E-state index contributed by atoms with van der Waals surface area (Å²) in [6.07, 6.45) is 0. The minimum Gasteiger partial charge on any atom is -0.398 e. The van der Waals surface area contributed by atoms with Crippen LogP contribution in [0.15, 0.2) is 27.6 Å². The number of aromatic nitrogens is 2. The first-order valence-corrected chi connectivity index (χ1v) is 5.92. The lowest BCUT2D eigenvalue weighted by atomic mass is 10.2. The molecule has 0 saturated carbocycles. The third-order valence-electron chi connectivity index (χ3n) is 2.25. The first-order chi connectivity index (χ1) is 7.66. The molecule has 84 valence electrons. The van der Waals surface area contributed by atoms with Gasteiger partial charge in [0.2, 0.25) is 5.89 Å². The van der Waals surface area contributed by atoms with Gasteiger partial charge in [0.25, 0.3) is 0 Å². The van der Waals surface area contributed by atoms with E-state index in [1.54, 1.807) is 11.8 Å². The molecule has 1 aromatic heterocycles. The zero-order valence-corrected chi connectivity index (χ0v) is 10.0. The van der Waals surface area contributed by atoms with E-state index in [1.165, 1.54) is 0 Å². The highest BCUT2D eigenvalue weighted by Gasteiger charge is 2.06. The number of anilines is 1. The quantitative estimate of drug-likeness (QED) is 0.654. The van der Waals surface area contributed by atoms with Crippen LogP contribution in [0, 0.1) is 13.8 Å². The molecule has 0 aliphatic rings. The Labute approximate surface area is 98.2 Å². The number of nitrogens with zero attached hydrogens (tertiary/aromatic N) is 2. The van der Waals surface area contributed by atoms with Gasteiger partial charge in [0.15, 0.2) is 5.82 Å². The lowest BCUT2D eigenvalue weighted by molar-refractivity contribution is 0.387. The van der Waals surface area contributed by atoms with Gasteiger partial charge in [0, 0.05) is 10.6 Å². The van der Waals surface area contributed by atoms with Crippen LogP contribution in [-0.4, -0.2) is 10.1 Å². The number of aryl methyl sites for hydroxylation is 1. The predicted octanol–water partition coefficient (Wildman–Crippen LogP) is 2.56. The second-order valence-electron chi connectivity index (χ2n) is 3.49. The Bertz CT molecular complexity index is 496. The van der Waals surface area contributed by atoms with Gasteiger partial charge in [-0.05, 0) is 31.5 Å². The summed E-state index contributed by atoms with van der Waals surface area (Å²) in [6, 6.07) is 5.89. The fourth-order valence-electron chi connectivity index (χ4n) is 1.33. The Morgan fingerprint density at radius 2 is 2.19 bits per heavy atom. The standard InChI is InChI=1S/C11H13N3OS/c1-7-9(12)4-3-5-10(7)16-6-11-13-8(2)14-15-11/h3-5H,6,12H2,1-2H3. The summed E-state index contributed by atoms with van der Waals surface area (Å²) in [5, 5.41) is 3.74. The predicted molar refractivity (Wildman–Crippen MR) is 64.2 cm³/mol. The monoisotopic (exact) mass is 235 g/mol. The van der Waals surface area contributed by atoms with Crippen LogP contribution in [0.4, 0.5) is 5.69 Å². The van der Waals surface area contributed by atoms with Gasteiger partial charge in [-0.15, -0.1) is 11.8 Å². The van der Waals surface area contributed by atoms with Gasteiger partial charge in [-0.1, -0.05) is 11.2 Å². The number of hydrogen-bond donors (Lipinski definition) is 1. The molecule has 4 nitrogen and oxygen atoms in total. The fourth-order valence-corrected chi connectivity index (χ4v) is 2.23. The van der Waals surface area contributed by atoms with Crippen molar-refractivity contribution in [2.45, 2.75) is 24.5 Å². The van der Waals surface area contributed by atoms with Crippen LogP contribution >= 0.6 is 11.8 Å². The van der Waals surface area contributed by atoms with E-state index in [0.29, 0.717) is 17.5 Å². The summed E-state index contributed by atoms with van der Waals surface area (Å²) in [7, 11) is 0. The zero-order chi connectivity index (χ0) is 11.5. The molecule has 1 aromatic carbocycles. The van der Waals surface area contributed by atoms with Crippen molar-refractivity contribution in [2.24, 2.45) is 0 Å². The fraction of sp³-hybridized carbons (Fsp3) is 0.273. The van der Waals surface area contributed by atoms with Gasteiger partial charge in [-0.25, -0.2) is 0 Å². The Morgan fingerprint density at radius 3 is 2.88 bits per heavy atom. The molecule has 0 saturated heterocycles. The molecule has 0 amide bonds. The van der Waals surface area contributed by atoms with Gasteiger partial charge >= 0.3 is 0 Å². The summed E-state index contributed by atoms with van der Waals surface area (Å²) in [5.41, 5.74) is 7.74. The van der Waals surface area contributed by atoms with Crippen molar-refractivity contribution >= 4 is 17.4 Å². The van der Waals surface area contributed by atoms with Crippen LogP contribution in [-0.2, 0) is 5.75 Å². The highest BCUT2D eigenvalue weighted by molar-refractivity contribution is 7.98. The van der Waals surface area contributed by atoms with Crippen LogP contribution in [0.3, 0.4) is 0 Å². The lowest BCUT2D eigenvalue weighted by Gasteiger charge is -2.05. The molecule has 0 aliphatic heterocycles. The average Bonchev–Trinajstić information content (AvgIpc) is 2.67. The van der Waals surface area contributed by atoms with Crippen molar-refractivity contribution in [2.75, 3.05) is 5.73 Å². The highest BCUT2D eigenvalue weighted by Crippen LogP contribution is 2.28. The number of nitrogens with two attached hydrogens (primary N) is 1. The lowest BCUT2D eigenvalue weighted by Crippen LogP contribution is -1.91. The van der Waals surface area contributed by atoms with E-state index in [4.69, 9.17) is 10.3 Å². The van der Waals surface area contributed by atoms with Gasteiger partial charge < -0.3 is 10.3 Å². The molecule has 0 bridgehead atoms. The summed E-state index contributed by atoms with van der Waals surface area (Å²) in [4.78, 5) is 5.30. The van der Waals surface area contributed by atoms with E-state index in [2.05, 4.69) is 10.1 Å². The maximum Gasteiger partial charge on any atom is 0.236 e. The Hall–Kier alpha value is -1.49. The van der Waals surface area contributed by atoms with Crippen LogP contribution in [0.2, 0.25) is 0 Å². The van der Waals surface area contributed by atoms with E-state index in [1.807, 2.05) is 32.0 Å². The van der Waals surface area contributed by atoms with Crippen molar-refractivity contribution in [3.05, 3.63) is 35.5 Å². The van der Waals surface area contributed by atoms with Crippen LogP contribution < -0.4 is 5.73 Å². The average molecular weight is 235 g/mol. The van der Waals surface area contributed by atoms with Gasteiger partial charge in [-0.3, -0.25) is 0 Å². The number of rotatable bonds is 3. The number of benzene rings is 1. The summed E-state index contributed by atoms with van der Waals surface area (Å²) >= 11 is 1.65. The molecule has 2 N–H and O–H groups in total. The van der Waals surface area contributed by atoms with Crippen molar-refractivity contribution in [1.82, 2.24) is 10.1 Å². The van der Waals surface area contributed by atoms with E-state index >= 15 is 0 Å². The molecular weight excluding hydrogens is 222 g/mol. The van der Waals surface area contributed by atoms with Gasteiger partial charge in [0.1, 0.15) is 0 Å². The minimum absolute atomic E-state index is 0.643. The number of nitrogen functional groups attached to an aromatic ring is 1. The van der Waals surface area contributed by atoms with Gasteiger partial charge in [0.05, 0.1) is 5.75 Å². The molecule has 0 atom stereocenters. The third-order valence-corrected chi connectivity index (χ3v) is 3.39. The molecule has 2 rings (SSSR count). The number of hydrogen-bond acceptors (Lipinski definition) is 5.